The van der Waals surface area contributed by atoms with Crippen LogP contribution < -0.4 is 10.5 Å². The zero-order valence-corrected chi connectivity index (χ0v) is 16.3. The third-order valence-corrected chi connectivity index (χ3v) is 4.91. The molecule has 0 bridgehead atoms. The Balaban J connectivity index is 1.73. The molecule has 2 aromatic rings. The molecule has 1 aromatic heterocycles. The van der Waals surface area contributed by atoms with Crippen LogP contribution in [0.1, 0.15) is 35.6 Å². The summed E-state index contributed by atoms with van der Waals surface area (Å²) < 4.78 is 11.0. The topological polar surface area (TPSA) is 64.7 Å². The summed E-state index contributed by atoms with van der Waals surface area (Å²) in [7, 11) is 0. The Hall–Kier alpha value is -1.84. The number of thiophene rings is 1. The lowest BCUT2D eigenvalue weighted by Gasteiger charge is -2.20. The van der Waals surface area contributed by atoms with Crippen molar-refractivity contribution in [2.75, 3.05) is 19.8 Å². The van der Waals surface area contributed by atoms with Crippen LogP contribution in [0.2, 0.25) is 0 Å². The lowest BCUT2D eigenvalue weighted by Crippen LogP contribution is -2.40. The highest BCUT2D eigenvalue weighted by atomic mass is 32.1. The van der Waals surface area contributed by atoms with E-state index in [9.17, 15) is 5.11 Å². The molecule has 0 radical (unpaired) electrons. The van der Waals surface area contributed by atoms with Crippen molar-refractivity contribution in [3.05, 3.63) is 51.7 Å². The first-order chi connectivity index (χ1) is 12.5. The van der Waals surface area contributed by atoms with E-state index in [1.807, 2.05) is 44.2 Å². The van der Waals surface area contributed by atoms with Gasteiger partial charge in [-0.2, -0.15) is 0 Å². The van der Waals surface area contributed by atoms with Gasteiger partial charge in [-0.1, -0.05) is 24.0 Å². The number of ether oxygens (including phenoxy) is 2. The second-order valence-electron chi connectivity index (χ2n) is 6.45. The fourth-order valence-corrected chi connectivity index (χ4v) is 3.14. The summed E-state index contributed by atoms with van der Waals surface area (Å²) in [5, 5.41) is 9.20. The predicted octanol–water partition coefficient (Wildman–Crippen LogP) is 3.36. The number of aliphatic hydroxyl groups is 1. The molecule has 26 heavy (non-hydrogen) atoms. The van der Waals surface area contributed by atoms with E-state index in [0.717, 1.165) is 29.0 Å². The molecule has 1 heterocycles. The SMILES string of the molecule is CCOc1ccc(COCC#Cc2ccc(CCC(C)(N)CO)s2)cc1. The minimum absolute atomic E-state index is 0.00324. The van der Waals surface area contributed by atoms with Crippen molar-refractivity contribution < 1.29 is 14.6 Å². The lowest BCUT2D eigenvalue weighted by atomic mass is 9.98. The fourth-order valence-electron chi connectivity index (χ4n) is 2.26. The average molecular weight is 374 g/mol. The third-order valence-electron chi connectivity index (χ3n) is 3.85. The zero-order chi connectivity index (χ0) is 18.8. The van der Waals surface area contributed by atoms with Gasteiger partial charge < -0.3 is 20.3 Å². The molecule has 4 nitrogen and oxygen atoms in total. The van der Waals surface area contributed by atoms with E-state index in [1.54, 1.807) is 11.3 Å². The Labute approximate surface area is 160 Å². The average Bonchev–Trinajstić information content (AvgIpc) is 3.09. The maximum absolute atomic E-state index is 9.20. The van der Waals surface area contributed by atoms with Crippen LogP contribution >= 0.6 is 11.3 Å². The molecule has 2 rings (SSSR count). The molecule has 0 aliphatic carbocycles. The van der Waals surface area contributed by atoms with E-state index >= 15 is 0 Å². The Morgan fingerprint density at radius 3 is 2.65 bits per heavy atom. The second-order valence-corrected chi connectivity index (χ2v) is 7.62. The van der Waals surface area contributed by atoms with Gasteiger partial charge in [0.15, 0.2) is 0 Å². The molecule has 5 heteroatoms. The van der Waals surface area contributed by atoms with Crippen LogP contribution in [0.5, 0.6) is 5.75 Å². The van der Waals surface area contributed by atoms with Crippen molar-refractivity contribution >= 4 is 11.3 Å². The maximum Gasteiger partial charge on any atom is 0.119 e. The number of rotatable bonds is 9. The molecule has 0 saturated carbocycles. The van der Waals surface area contributed by atoms with E-state index in [0.29, 0.717) is 19.8 Å². The van der Waals surface area contributed by atoms with Gasteiger partial charge in [-0.05, 0) is 56.5 Å². The summed E-state index contributed by atoms with van der Waals surface area (Å²) in [6.07, 6.45) is 1.61. The van der Waals surface area contributed by atoms with Gasteiger partial charge in [-0.3, -0.25) is 0 Å². The standard InChI is InChI=1S/C21H27NO3S/c1-3-25-18-8-6-17(7-9-18)15-24-14-4-5-19-10-11-20(26-19)12-13-21(2,22)16-23/h6-11,23H,3,12-16,22H2,1-2H3. The van der Waals surface area contributed by atoms with Crippen LogP contribution in [-0.4, -0.2) is 30.5 Å². The molecule has 0 saturated heterocycles. The highest BCUT2D eigenvalue weighted by Crippen LogP contribution is 2.19. The first-order valence-corrected chi connectivity index (χ1v) is 9.61. The normalized spacial score (nSPS) is 12.9. The van der Waals surface area contributed by atoms with Crippen molar-refractivity contribution in [1.29, 1.82) is 0 Å². The Morgan fingerprint density at radius 1 is 1.19 bits per heavy atom. The summed E-state index contributed by atoms with van der Waals surface area (Å²) >= 11 is 1.66. The van der Waals surface area contributed by atoms with Gasteiger partial charge in [0.1, 0.15) is 12.4 Å². The lowest BCUT2D eigenvalue weighted by molar-refractivity contribution is 0.153. The van der Waals surface area contributed by atoms with E-state index < -0.39 is 5.54 Å². The summed E-state index contributed by atoms with van der Waals surface area (Å²) in [5.41, 5.74) is 6.53. The molecule has 0 aliphatic rings. The largest absolute Gasteiger partial charge is 0.494 e. The molecule has 1 unspecified atom stereocenters. The number of hydrogen-bond donors (Lipinski definition) is 2. The van der Waals surface area contributed by atoms with Crippen molar-refractivity contribution in [2.24, 2.45) is 5.73 Å². The minimum atomic E-state index is -0.523. The van der Waals surface area contributed by atoms with E-state index in [4.69, 9.17) is 15.2 Å². The molecule has 1 aromatic carbocycles. The molecule has 0 aliphatic heterocycles. The Bertz CT molecular complexity index is 726. The van der Waals surface area contributed by atoms with Crippen LogP contribution in [0.4, 0.5) is 0 Å². The minimum Gasteiger partial charge on any atom is -0.494 e. The molecule has 0 amide bonds. The van der Waals surface area contributed by atoms with Crippen LogP contribution in [0, 0.1) is 11.8 Å². The van der Waals surface area contributed by atoms with Crippen molar-refractivity contribution in [1.82, 2.24) is 0 Å². The Kier molecular flexibility index (Phi) is 8.14. The first kappa shape index (κ1) is 20.5. The monoisotopic (exact) mass is 373 g/mol. The molecule has 140 valence electrons. The van der Waals surface area contributed by atoms with Gasteiger partial charge in [0.05, 0.1) is 24.7 Å². The van der Waals surface area contributed by atoms with E-state index in [-0.39, 0.29) is 6.61 Å². The fraction of sp³-hybridized carbons (Fsp3) is 0.429. The van der Waals surface area contributed by atoms with Gasteiger partial charge in [0, 0.05) is 10.4 Å². The number of benzene rings is 1. The summed E-state index contributed by atoms with van der Waals surface area (Å²) in [6.45, 7) is 5.43. The van der Waals surface area contributed by atoms with E-state index in [1.165, 1.54) is 4.88 Å². The van der Waals surface area contributed by atoms with E-state index in [2.05, 4.69) is 17.9 Å². The summed E-state index contributed by atoms with van der Waals surface area (Å²) in [5.74, 6) is 7.05. The maximum atomic E-state index is 9.20. The van der Waals surface area contributed by atoms with Crippen LogP contribution in [0.25, 0.3) is 0 Å². The van der Waals surface area contributed by atoms with Gasteiger partial charge in [0.2, 0.25) is 0 Å². The second kappa shape index (κ2) is 10.3. The van der Waals surface area contributed by atoms with Gasteiger partial charge in [-0.15, -0.1) is 11.3 Å². The molecule has 0 fully saturated rings. The van der Waals surface area contributed by atoms with Crippen molar-refractivity contribution in [3.63, 3.8) is 0 Å². The number of aliphatic hydroxyl groups excluding tert-OH is 1. The quantitative estimate of drug-likeness (QED) is 0.523. The molecule has 1 atom stereocenters. The van der Waals surface area contributed by atoms with Crippen molar-refractivity contribution in [3.8, 4) is 17.6 Å². The predicted molar refractivity (Wildman–Crippen MR) is 106 cm³/mol. The Morgan fingerprint density at radius 2 is 1.96 bits per heavy atom. The summed E-state index contributed by atoms with van der Waals surface area (Å²) in [4.78, 5) is 2.25. The summed E-state index contributed by atoms with van der Waals surface area (Å²) in [6, 6.07) is 12.0. The van der Waals surface area contributed by atoms with Gasteiger partial charge >= 0.3 is 0 Å². The molecule has 3 N–H and O–H groups in total. The van der Waals surface area contributed by atoms with Gasteiger partial charge in [-0.25, -0.2) is 0 Å². The third kappa shape index (κ3) is 7.19. The number of nitrogens with two attached hydrogens (primary N) is 1. The number of hydrogen-bond acceptors (Lipinski definition) is 5. The van der Waals surface area contributed by atoms with Crippen LogP contribution in [0.15, 0.2) is 36.4 Å². The first-order valence-electron chi connectivity index (χ1n) is 8.79. The van der Waals surface area contributed by atoms with Gasteiger partial charge in [0.25, 0.3) is 0 Å². The highest BCUT2D eigenvalue weighted by Gasteiger charge is 2.16. The molecule has 0 spiro atoms. The van der Waals surface area contributed by atoms with Crippen LogP contribution in [0.3, 0.4) is 0 Å². The smallest absolute Gasteiger partial charge is 0.119 e. The molecular weight excluding hydrogens is 346 g/mol. The highest BCUT2D eigenvalue weighted by molar-refractivity contribution is 7.12. The number of aryl methyl sites for hydroxylation is 1. The van der Waals surface area contributed by atoms with Crippen molar-refractivity contribution in [2.45, 2.75) is 38.8 Å². The molecular formula is C21H27NO3S. The van der Waals surface area contributed by atoms with Crippen LogP contribution in [-0.2, 0) is 17.8 Å². The zero-order valence-electron chi connectivity index (χ0n) is 15.5.